The van der Waals surface area contributed by atoms with Crippen LogP contribution >= 0.6 is 0 Å². The summed E-state index contributed by atoms with van der Waals surface area (Å²) < 4.78 is 1.67. The highest BCUT2D eigenvalue weighted by molar-refractivity contribution is 6.06. The second-order valence-electron chi connectivity index (χ2n) is 8.60. The third kappa shape index (κ3) is 3.91. The van der Waals surface area contributed by atoms with Crippen molar-refractivity contribution < 1.29 is 4.79 Å². The van der Waals surface area contributed by atoms with E-state index in [0.29, 0.717) is 22.9 Å². The summed E-state index contributed by atoms with van der Waals surface area (Å²) in [6.07, 6.45) is 8.89. The maximum atomic E-state index is 13.0. The van der Waals surface area contributed by atoms with Gasteiger partial charge in [-0.15, -0.1) is 0 Å². The number of nitrogens with zero attached hydrogens (tertiary/aromatic N) is 2. The predicted octanol–water partition coefficient (Wildman–Crippen LogP) is 4.02. The van der Waals surface area contributed by atoms with Crippen molar-refractivity contribution in [2.45, 2.75) is 39.3 Å². The van der Waals surface area contributed by atoms with E-state index in [1.165, 1.54) is 49.7 Å². The SMILES string of the molecule is CC(=O)c1cncc2c(=O)n(Cc3ccc4cc(CNCC5CCC5)[nH]c4c3)ccc12. The van der Waals surface area contributed by atoms with Gasteiger partial charge in [0.05, 0.1) is 11.9 Å². The van der Waals surface area contributed by atoms with Gasteiger partial charge in [-0.05, 0) is 61.4 Å². The molecular weight excluding hydrogens is 388 g/mol. The first-order valence-corrected chi connectivity index (χ1v) is 10.9. The smallest absolute Gasteiger partial charge is 0.260 e. The highest BCUT2D eigenvalue weighted by Crippen LogP contribution is 2.25. The number of hydrogen-bond donors (Lipinski definition) is 2. The summed E-state index contributed by atoms with van der Waals surface area (Å²) in [6.45, 7) is 3.88. The van der Waals surface area contributed by atoms with Gasteiger partial charge in [-0.3, -0.25) is 14.6 Å². The van der Waals surface area contributed by atoms with Crippen LogP contribution in [0, 0.1) is 5.92 Å². The quantitative estimate of drug-likeness (QED) is 0.448. The molecule has 0 saturated heterocycles. The van der Waals surface area contributed by atoms with Crippen LogP contribution in [0.25, 0.3) is 21.7 Å². The van der Waals surface area contributed by atoms with Gasteiger partial charge in [-0.2, -0.15) is 0 Å². The number of fused-ring (bicyclic) bond motifs is 2. The van der Waals surface area contributed by atoms with Gasteiger partial charge in [0, 0.05) is 47.3 Å². The number of Topliss-reactive ketones (excluding diaryl/α,β-unsaturated/α-hetero) is 1. The van der Waals surface area contributed by atoms with E-state index in [1.807, 2.05) is 6.07 Å². The minimum atomic E-state index is -0.138. The summed E-state index contributed by atoms with van der Waals surface area (Å²) in [6, 6.07) is 10.3. The number of carbonyl (C=O) groups is 1. The zero-order valence-electron chi connectivity index (χ0n) is 17.6. The molecule has 1 aromatic carbocycles. The van der Waals surface area contributed by atoms with Crippen molar-refractivity contribution in [1.29, 1.82) is 0 Å². The molecule has 6 nitrogen and oxygen atoms in total. The van der Waals surface area contributed by atoms with Gasteiger partial charge in [-0.25, -0.2) is 0 Å². The summed E-state index contributed by atoms with van der Waals surface area (Å²) in [5.41, 5.74) is 3.64. The van der Waals surface area contributed by atoms with Crippen LogP contribution in [0.3, 0.4) is 0 Å². The lowest BCUT2D eigenvalue weighted by molar-refractivity contribution is 0.101. The van der Waals surface area contributed by atoms with Crippen LogP contribution in [-0.4, -0.2) is 26.9 Å². The number of aromatic amines is 1. The van der Waals surface area contributed by atoms with Crippen molar-refractivity contribution in [2.24, 2.45) is 5.92 Å². The largest absolute Gasteiger partial charge is 0.357 e. The number of benzene rings is 1. The summed E-state index contributed by atoms with van der Waals surface area (Å²) in [5.74, 6) is 0.753. The van der Waals surface area contributed by atoms with Crippen LogP contribution in [0.5, 0.6) is 0 Å². The van der Waals surface area contributed by atoms with Gasteiger partial charge in [-0.1, -0.05) is 18.6 Å². The van der Waals surface area contributed by atoms with Gasteiger partial charge >= 0.3 is 0 Å². The number of H-pyrrole nitrogens is 1. The van der Waals surface area contributed by atoms with Crippen LogP contribution in [0.1, 0.15) is 47.8 Å². The lowest BCUT2D eigenvalue weighted by atomic mass is 9.85. The van der Waals surface area contributed by atoms with E-state index in [0.717, 1.165) is 30.1 Å². The Bertz CT molecular complexity index is 1330. The Kier molecular flexibility index (Phi) is 5.16. The number of hydrogen-bond acceptors (Lipinski definition) is 4. The second kappa shape index (κ2) is 8.12. The van der Waals surface area contributed by atoms with E-state index < -0.39 is 0 Å². The third-order valence-electron chi connectivity index (χ3n) is 6.35. The first kappa shape index (κ1) is 19.7. The number of ketones is 1. The number of nitrogens with one attached hydrogen (secondary N) is 2. The second-order valence-corrected chi connectivity index (χ2v) is 8.60. The predicted molar refractivity (Wildman–Crippen MR) is 122 cm³/mol. The van der Waals surface area contributed by atoms with Crippen LogP contribution < -0.4 is 10.9 Å². The lowest BCUT2D eigenvalue weighted by Gasteiger charge is -2.25. The molecule has 5 rings (SSSR count). The fraction of sp³-hybridized carbons (Fsp3) is 0.320. The third-order valence-corrected chi connectivity index (χ3v) is 6.35. The molecule has 1 fully saturated rings. The number of aromatic nitrogens is 3. The van der Waals surface area contributed by atoms with E-state index in [1.54, 1.807) is 10.8 Å². The standard InChI is InChI=1S/C25H26N4O2/c1-16(30)22-13-27-14-23-21(22)7-8-29(25(23)31)15-18-5-6-19-10-20(28-24(19)9-18)12-26-11-17-3-2-4-17/h5-10,13-14,17,26,28H,2-4,11-12,15H2,1H3. The maximum Gasteiger partial charge on any atom is 0.260 e. The van der Waals surface area contributed by atoms with Crippen molar-refractivity contribution in [3.63, 3.8) is 0 Å². The Morgan fingerprint density at radius 3 is 2.84 bits per heavy atom. The normalized spacial score (nSPS) is 14.2. The lowest BCUT2D eigenvalue weighted by Crippen LogP contribution is -2.26. The number of rotatable bonds is 7. The minimum Gasteiger partial charge on any atom is -0.357 e. The van der Waals surface area contributed by atoms with Gasteiger partial charge < -0.3 is 14.9 Å². The monoisotopic (exact) mass is 414 g/mol. The molecular formula is C25H26N4O2. The zero-order valence-corrected chi connectivity index (χ0v) is 17.6. The fourth-order valence-corrected chi connectivity index (χ4v) is 4.34. The Balaban J connectivity index is 1.37. The maximum absolute atomic E-state index is 13.0. The van der Waals surface area contributed by atoms with Gasteiger partial charge in [0.15, 0.2) is 5.78 Å². The molecule has 1 saturated carbocycles. The topological polar surface area (TPSA) is 79.8 Å². The molecule has 4 aromatic rings. The van der Waals surface area contributed by atoms with Crippen molar-refractivity contribution in [3.8, 4) is 0 Å². The van der Waals surface area contributed by atoms with E-state index >= 15 is 0 Å². The molecule has 0 aliphatic heterocycles. The molecule has 31 heavy (non-hydrogen) atoms. The molecule has 0 radical (unpaired) electrons. The van der Waals surface area contributed by atoms with Crippen LogP contribution in [-0.2, 0) is 13.1 Å². The first-order chi connectivity index (χ1) is 15.1. The van der Waals surface area contributed by atoms with Crippen LogP contribution in [0.15, 0.2) is 53.7 Å². The summed E-state index contributed by atoms with van der Waals surface area (Å²) in [5, 5.41) is 5.84. The van der Waals surface area contributed by atoms with Crippen LogP contribution in [0.4, 0.5) is 0 Å². The van der Waals surface area contributed by atoms with Crippen molar-refractivity contribution in [3.05, 3.63) is 76.1 Å². The molecule has 2 N–H and O–H groups in total. The highest BCUT2D eigenvalue weighted by Gasteiger charge is 2.16. The molecule has 6 heteroatoms. The summed E-state index contributed by atoms with van der Waals surface area (Å²) >= 11 is 0. The Labute approximate surface area is 180 Å². The summed E-state index contributed by atoms with van der Waals surface area (Å²) in [4.78, 5) is 32.4. The molecule has 0 spiro atoms. The Hall–Kier alpha value is -3.25. The molecule has 0 atom stereocenters. The molecule has 0 unspecified atom stereocenters. The molecule has 1 aliphatic rings. The van der Waals surface area contributed by atoms with Crippen molar-refractivity contribution >= 4 is 27.5 Å². The van der Waals surface area contributed by atoms with E-state index in [4.69, 9.17) is 0 Å². The molecule has 0 amide bonds. The van der Waals surface area contributed by atoms with Crippen molar-refractivity contribution in [1.82, 2.24) is 19.9 Å². The van der Waals surface area contributed by atoms with Gasteiger partial charge in [0.2, 0.25) is 0 Å². The molecule has 3 aromatic heterocycles. The van der Waals surface area contributed by atoms with Crippen LogP contribution in [0.2, 0.25) is 0 Å². The molecule has 1 aliphatic carbocycles. The Morgan fingerprint density at radius 1 is 1.19 bits per heavy atom. The minimum absolute atomic E-state index is 0.0922. The van der Waals surface area contributed by atoms with E-state index in [-0.39, 0.29) is 11.3 Å². The number of carbonyl (C=O) groups excluding carboxylic acids is 1. The highest BCUT2D eigenvalue weighted by atomic mass is 16.1. The Morgan fingerprint density at radius 2 is 2.06 bits per heavy atom. The van der Waals surface area contributed by atoms with Gasteiger partial charge in [0.25, 0.3) is 5.56 Å². The van der Waals surface area contributed by atoms with E-state index in [9.17, 15) is 9.59 Å². The average Bonchev–Trinajstić information content (AvgIpc) is 3.13. The molecule has 0 bridgehead atoms. The van der Waals surface area contributed by atoms with Crippen molar-refractivity contribution in [2.75, 3.05) is 6.54 Å². The zero-order chi connectivity index (χ0) is 21.4. The van der Waals surface area contributed by atoms with Gasteiger partial charge in [0.1, 0.15) is 0 Å². The average molecular weight is 415 g/mol. The summed E-state index contributed by atoms with van der Waals surface area (Å²) in [7, 11) is 0. The molecule has 158 valence electrons. The van der Waals surface area contributed by atoms with E-state index in [2.05, 4.69) is 39.6 Å². The molecule has 3 heterocycles. The first-order valence-electron chi connectivity index (χ1n) is 10.9. The number of pyridine rings is 2. The fourth-order valence-electron chi connectivity index (χ4n) is 4.34.